The van der Waals surface area contributed by atoms with E-state index in [4.69, 9.17) is 0 Å². The zero-order chi connectivity index (χ0) is 14.2. The van der Waals surface area contributed by atoms with E-state index < -0.39 is 0 Å². The summed E-state index contributed by atoms with van der Waals surface area (Å²) in [5, 5.41) is 4.75. The summed E-state index contributed by atoms with van der Waals surface area (Å²) >= 11 is 0. The molecular weight excluding hydrogens is 244 g/mol. The van der Waals surface area contributed by atoms with Gasteiger partial charge in [-0.2, -0.15) is 0 Å². The Morgan fingerprint density at radius 3 is 2.70 bits per heavy atom. The van der Waals surface area contributed by atoms with Crippen LogP contribution in [0.3, 0.4) is 0 Å². The molecule has 0 saturated heterocycles. The van der Waals surface area contributed by atoms with Gasteiger partial charge in [-0.25, -0.2) is 0 Å². The van der Waals surface area contributed by atoms with Gasteiger partial charge >= 0.3 is 0 Å². The quantitative estimate of drug-likeness (QED) is 0.693. The molecule has 0 spiro atoms. The lowest BCUT2D eigenvalue weighted by Crippen LogP contribution is -2.16. The summed E-state index contributed by atoms with van der Waals surface area (Å²) in [7, 11) is 2.06. The minimum Gasteiger partial charge on any atom is -0.313 e. The second kappa shape index (κ2) is 8.01. The van der Waals surface area contributed by atoms with E-state index in [9.17, 15) is 0 Å². The van der Waals surface area contributed by atoms with Gasteiger partial charge in [0.25, 0.3) is 0 Å². The molecule has 2 heteroatoms. The normalized spacial score (nSPS) is 12.7. The van der Waals surface area contributed by atoms with Gasteiger partial charge in [-0.1, -0.05) is 57.2 Å². The third-order valence-electron chi connectivity index (χ3n) is 4.00. The average molecular weight is 270 g/mol. The van der Waals surface area contributed by atoms with Crippen LogP contribution in [0.25, 0.3) is 10.9 Å². The van der Waals surface area contributed by atoms with Crippen LogP contribution in [0.15, 0.2) is 36.5 Å². The molecule has 2 aromatic rings. The number of nitrogens with zero attached hydrogens (tertiary/aromatic N) is 1. The highest BCUT2D eigenvalue weighted by Crippen LogP contribution is 2.26. The highest BCUT2D eigenvalue weighted by Gasteiger charge is 2.12. The van der Waals surface area contributed by atoms with Crippen LogP contribution in [-0.2, 0) is 0 Å². The van der Waals surface area contributed by atoms with Crippen LogP contribution < -0.4 is 5.32 Å². The molecule has 0 radical (unpaired) electrons. The van der Waals surface area contributed by atoms with Gasteiger partial charge in [0.1, 0.15) is 0 Å². The molecule has 1 atom stereocenters. The van der Waals surface area contributed by atoms with Crippen molar-refractivity contribution in [3.63, 3.8) is 0 Å². The molecule has 20 heavy (non-hydrogen) atoms. The molecule has 1 aromatic carbocycles. The second-order valence-corrected chi connectivity index (χ2v) is 5.46. The third-order valence-corrected chi connectivity index (χ3v) is 4.00. The predicted octanol–water partition coefficient (Wildman–Crippen LogP) is 4.86. The molecule has 108 valence electrons. The van der Waals surface area contributed by atoms with Gasteiger partial charge < -0.3 is 5.32 Å². The van der Waals surface area contributed by atoms with Crippen LogP contribution in [0.2, 0.25) is 0 Å². The van der Waals surface area contributed by atoms with Crippen LogP contribution in [0.1, 0.15) is 57.1 Å². The van der Waals surface area contributed by atoms with Gasteiger partial charge in [0.15, 0.2) is 0 Å². The smallest absolute Gasteiger partial charge is 0.0705 e. The van der Waals surface area contributed by atoms with Gasteiger partial charge in [-0.15, -0.1) is 0 Å². The monoisotopic (exact) mass is 270 g/mol. The van der Waals surface area contributed by atoms with E-state index in [0.717, 1.165) is 5.52 Å². The van der Waals surface area contributed by atoms with Crippen molar-refractivity contribution in [1.29, 1.82) is 0 Å². The molecule has 0 bridgehead atoms. The molecule has 0 aliphatic heterocycles. The highest BCUT2D eigenvalue weighted by atomic mass is 14.9. The van der Waals surface area contributed by atoms with Crippen LogP contribution in [0.4, 0.5) is 0 Å². The van der Waals surface area contributed by atoms with Crippen LogP contribution >= 0.6 is 0 Å². The number of hydrogen-bond donors (Lipinski definition) is 1. The Bertz CT molecular complexity index is 516. The van der Waals surface area contributed by atoms with E-state index in [0.29, 0.717) is 6.04 Å². The molecule has 0 fully saturated rings. The molecule has 1 heterocycles. The molecule has 0 aliphatic rings. The van der Waals surface area contributed by atoms with E-state index >= 15 is 0 Å². The van der Waals surface area contributed by atoms with E-state index in [2.05, 4.69) is 48.5 Å². The fraction of sp³-hybridized carbons (Fsp3) is 0.500. The maximum Gasteiger partial charge on any atom is 0.0705 e. The Hall–Kier alpha value is -1.41. The molecular formula is C18H26N2. The Kier molecular flexibility index (Phi) is 6.00. The number of fused-ring (bicyclic) bond motifs is 1. The lowest BCUT2D eigenvalue weighted by atomic mass is 9.96. The fourth-order valence-corrected chi connectivity index (χ4v) is 2.84. The topological polar surface area (TPSA) is 24.9 Å². The van der Waals surface area contributed by atoms with Gasteiger partial charge in [0.2, 0.25) is 0 Å². The Morgan fingerprint density at radius 1 is 1.05 bits per heavy atom. The van der Waals surface area contributed by atoms with Crippen LogP contribution in [0, 0.1) is 0 Å². The number of rotatable bonds is 8. The van der Waals surface area contributed by atoms with Gasteiger partial charge in [-0.05, 0) is 31.2 Å². The number of benzene rings is 1. The first-order valence-corrected chi connectivity index (χ1v) is 7.87. The lowest BCUT2D eigenvalue weighted by Gasteiger charge is -2.18. The Balaban J connectivity index is 2.05. The molecule has 2 rings (SSSR count). The summed E-state index contributed by atoms with van der Waals surface area (Å²) in [4.78, 5) is 4.45. The first kappa shape index (κ1) is 15.0. The summed E-state index contributed by atoms with van der Waals surface area (Å²) in [6.45, 7) is 2.26. The van der Waals surface area contributed by atoms with Gasteiger partial charge in [-0.3, -0.25) is 4.98 Å². The van der Waals surface area contributed by atoms with Gasteiger partial charge in [0.05, 0.1) is 5.52 Å². The molecule has 0 aliphatic carbocycles. The van der Waals surface area contributed by atoms with Crippen LogP contribution in [-0.4, -0.2) is 12.0 Å². The van der Waals surface area contributed by atoms with Crippen molar-refractivity contribution >= 4 is 10.9 Å². The fourth-order valence-electron chi connectivity index (χ4n) is 2.84. The number of unbranched alkanes of at least 4 members (excludes halogenated alkanes) is 4. The first-order valence-electron chi connectivity index (χ1n) is 7.87. The molecule has 0 amide bonds. The molecule has 2 nitrogen and oxygen atoms in total. The van der Waals surface area contributed by atoms with E-state index in [1.807, 2.05) is 12.3 Å². The number of hydrogen-bond acceptors (Lipinski definition) is 2. The SMILES string of the molecule is CCCCCCCC(NC)c1cccc2ncccc12. The van der Waals surface area contributed by atoms with Crippen molar-refractivity contribution < 1.29 is 0 Å². The summed E-state index contributed by atoms with van der Waals surface area (Å²) in [6.07, 6.45) is 9.74. The van der Waals surface area contributed by atoms with Crippen molar-refractivity contribution in [3.05, 3.63) is 42.1 Å². The van der Waals surface area contributed by atoms with Crippen molar-refractivity contribution in [2.24, 2.45) is 0 Å². The first-order chi connectivity index (χ1) is 9.86. The third kappa shape index (κ3) is 3.80. The Labute approximate surface area is 122 Å². The summed E-state index contributed by atoms with van der Waals surface area (Å²) < 4.78 is 0. The summed E-state index contributed by atoms with van der Waals surface area (Å²) in [5.74, 6) is 0. The van der Waals surface area contributed by atoms with Crippen LogP contribution in [0.5, 0.6) is 0 Å². The van der Waals surface area contributed by atoms with E-state index in [1.165, 1.54) is 49.5 Å². The summed E-state index contributed by atoms with van der Waals surface area (Å²) in [5.41, 5.74) is 2.48. The van der Waals surface area contributed by atoms with Crippen molar-refractivity contribution in [1.82, 2.24) is 10.3 Å². The zero-order valence-electron chi connectivity index (χ0n) is 12.7. The predicted molar refractivity (Wildman–Crippen MR) is 86.9 cm³/mol. The summed E-state index contributed by atoms with van der Waals surface area (Å²) in [6, 6.07) is 11.1. The van der Waals surface area contributed by atoms with Crippen molar-refractivity contribution in [2.45, 2.75) is 51.5 Å². The lowest BCUT2D eigenvalue weighted by molar-refractivity contribution is 0.503. The largest absolute Gasteiger partial charge is 0.313 e. The second-order valence-electron chi connectivity index (χ2n) is 5.46. The number of aromatic nitrogens is 1. The minimum atomic E-state index is 0.435. The zero-order valence-corrected chi connectivity index (χ0v) is 12.7. The minimum absolute atomic E-state index is 0.435. The van der Waals surface area contributed by atoms with E-state index in [-0.39, 0.29) is 0 Å². The number of pyridine rings is 1. The molecule has 1 aromatic heterocycles. The number of nitrogens with one attached hydrogen (secondary N) is 1. The van der Waals surface area contributed by atoms with Crippen molar-refractivity contribution in [2.75, 3.05) is 7.05 Å². The molecule has 1 N–H and O–H groups in total. The standard InChI is InChI=1S/C18H26N2/c1-3-4-5-6-7-12-17(19-2)15-10-8-13-18-16(15)11-9-14-20-18/h8-11,13-14,17,19H,3-7,12H2,1-2H3. The maximum atomic E-state index is 4.45. The van der Waals surface area contributed by atoms with E-state index in [1.54, 1.807) is 0 Å². The maximum absolute atomic E-state index is 4.45. The van der Waals surface area contributed by atoms with Gasteiger partial charge in [0, 0.05) is 17.6 Å². The average Bonchev–Trinajstić information content (AvgIpc) is 2.51. The highest BCUT2D eigenvalue weighted by molar-refractivity contribution is 5.82. The molecule has 1 unspecified atom stereocenters. The van der Waals surface area contributed by atoms with Crippen molar-refractivity contribution in [3.8, 4) is 0 Å². The Morgan fingerprint density at radius 2 is 1.90 bits per heavy atom. The molecule has 0 saturated carbocycles.